The smallest absolute Gasteiger partial charge is 0.118 e. The summed E-state index contributed by atoms with van der Waals surface area (Å²) in [6.45, 7) is 2.97. The lowest BCUT2D eigenvalue weighted by molar-refractivity contribution is 0.414. The molecule has 0 amide bonds. The topological polar surface area (TPSA) is 34.1 Å². The third-order valence-corrected chi connectivity index (χ3v) is 3.59. The number of ether oxygens (including phenoxy) is 1. The Labute approximate surface area is 122 Å². The summed E-state index contributed by atoms with van der Waals surface area (Å²) in [6.07, 6.45) is 1.81. The number of rotatable bonds is 5. The first kappa shape index (κ1) is 14.0. The summed E-state index contributed by atoms with van der Waals surface area (Å²) in [7, 11) is 1.67. The molecule has 2 rings (SSSR count). The van der Waals surface area contributed by atoms with E-state index < -0.39 is 0 Å². The highest BCUT2D eigenvalue weighted by atomic mass is 79.9. The normalized spacial score (nSPS) is 12.2. The summed E-state index contributed by atoms with van der Waals surface area (Å²) in [5, 5.41) is 3.46. The standard InChI is InChI=1S/C15H17BrN2O/c1-3-17-14(15-13(16)5-4-10-18-15)11-6-8-12(19-2)9-7-11/h4-10,14,17H,3H2,1-2H3. The molecule has 0 spiro atoms. The van der Waals surface area contributed by atoms with E-state index in [0.29, 0.717) is 0 Å². The van der Waals surface area contributed by atoms with Crippen LogP contribution in [0, 0.1) is 0 Å². The second-order valence-electron chi connectivity index (χ2n) is 4.13. The molecule has 100 valence electrons. The van der Waals surface area contributed by atoms with Gasteiger partial charge in [-0.1, -0.05) is 19.1 Å². The number of nitrogens with one attached hydrogen (secondary N) is 1. The van der Waals surface area contributed by atoms with Crippen molar-refractivity contribution in [3.05, 3.63) is 58.3 Å². The van der Waals surface area contributed by atoms with Gasteiger partial charge in [0.15, 0.2) is 0 Å². The van der Waals surface area contributed by atoms with Crippen molar-refractivity contribution in [3.8, 4) is 5.75 Å². The third-order valence-electron chi connectivity index (χ3n) is 2.92. The fraction of sp³-hybridized carbons (Fsp3) is 0.267. The predicted octanol–water partition coefficient (Wildman–Crippen LogP) is 3.55. The van der Waals surface area contributed by atoms with Gasteiger partial charge in [0.2, 0.25) is 0 Å². The Balaban J connectivity index is 2.36. The predicted molar refractivity (Wildman–Crippen MR) is 80.5 cm³/mol. The molecule has 0 bridgehead atoms. The zero-order valence-corrected chi connectivity index (χ0v) is 12.6. The largest absolute Gasteiger partial charge is 0.497 e. The van der Waals surface area contributed by atoms with Crippen molar-refractivity contribution in [2.24, 2.45) is 0 Å². The Morgan fingerprint density at radius 1 is 1.26 bits per heavy atom. The van der Waals surface area contributed by atoms with E-state index >= 15 is 0 Å². The minimum atomic E-state index is 0.0754. The molecule has 1 atom stereocenters. The van der Waals surface area contributed by atoms with Gasteiger partial charge in [-0.25, -0.2) is 0 Å². The van der Waals surface area contributed by atoms with E-state index in [1.807, 2.05) is 30.5 Å². The van der Waals surface area contributed by atoms with E-state index in [4.69, 9.17) is 4.74 Å². The van der Waals surface area contributed by atoms with E-state index in [-0.39, 0.29) is 6.04 Å². The summed E-state index contributed by atoms with van der Waals surface area (Å²) in [5.41, 5.74) is 2.16. The zero-order chi connectivity index (χ0) is 13.7. The monoisotopic (exact) mass is 320 g/mol. The molecule has 19 heavy (non-hydrogen) atoms. The molecule has 1 aromatic heterocycles. The lowest BCUT2D eigenvalue weighted by atomic mass is 10.0. The van der Waals surface area contributed by atoms with Crippen LogP contribution in [0.1, 0.15) is 24.2 Å². The molecule has 0 saturated heterocycles. The van der Waals surface area contributed by atoms with Gasteiger partial charge in [-0.3, -0.25) is 4.98 Å². The lowest BCUT2D eigenvalue weighted by Gasteiger charge is -2.19. The van der Waals surface area contributed by atoms with Crippen LogP contribution in [0.5, 0.6) is 5.75 Å². The van der Waals surface area contributed by atoms with Crippen LogP contribution < -0.4 is 10.1 Å². The number of methoxy groups -OCH3 is 1. The summed E-state index contributed by atoms with van der Waals surface area (Å²) in [5.74, 6) is 0.860. The molecule has 3 nitrogen and oxygen atoms in total. The van der Waals surface area contributed by atoms with Crippen molar-refractivity contribution in [1.82, 2.24) is 10.3 Å². The second kappa shape index (κ2) is 6.68. The molecule has 0 aliphatic carbocycles. The summed E-state index contributed by atoms with van der Waals surface area (Å²) >= 11 is 3.57. The number of hydrogen-bond donors (Lipinski definition) is 1. The van der Waals surface area contributed by atoms with Crippen LogP contribution in [-0.2, 0) is 0 Å². The fourth-order valence-electron chi connectivity index (χ4n) is 1.98. The summed E-state index contributed by atoms with van der Waals surface area (Å²) in [4.78, 5) is 4.48. The fourth-order valence-corrected chi connectivity index (χ4v) is 2.47. The van der Waals surface area contributed by atoms with Gasteiger partial charge in [-0.15, -0.1) is 0 Å². The number of pyridine rings is 1. The van der Waals surface area contributed by atoms with E-state index in [1.54, 1.807) is 7.11 Å². The molecule has 1 aromatic carbocycles. The Morgan fingerprint density at radius 2 is 2.00 bits per heavy atom. The first-order valence-electron chi connectivity index (χ1n) is 6.24. The maximum atomic E-state index is 5.19. The van der Waals surface area contributed by atoms with Gasteiger partial charge in [-0.05, 0) is 52.3 Å². The molecular formula is C15H17BrN2O. The highest BCUT2D eigenvalue weighted by Crippen LogP contribution is 2.27. The Kier molecular flexibility index (Phi) is 4.93. The SMILES string of the molecule is CCNC(c1ccc(OC)cc1)c1ncccc1Br. The highest BCUT2D eigenvalue weighted by Gasteiger charge is 2.16. The molecule has 1 N–H and O–H groups in total. The second-order valence-corrected chi connectivity index (χ2v) is 4.99. The zero-order valence-electron chi connectivity index (χ0n) is 11.1. The Bertz CT molecular complexity index is 528. The van der Waals surface area contributed by atoms with Crippen molar-refractivity contribution >= 4 is 15.9 Å². The quantitative estimate of drug-likeness (QED) is 0.914. The third kappa shape index (κ3) is 3.33. The van der Waals surface area contributed by atoms with Crippen LogP contribution in [0.2, 0.25) is 0 Å². The van der Waals surface area contributed by atoms with Crippen LogP contribution in [0.25, 0.3) is 0 Å². The van der Waals surface area contributed by atoms with Crippen LogP contribution in [0.4, 0.5) is 0 Å². The molecule has 0 aliphatic rings. The van der Waals surface area contributed by atoms with Gasteiger partial charge < -0.3 is 10.1 Å². The molecule has 1 unspecified atom stereocenters. The molecule has 0 fully saturated rings. The molecule has 4 heteroatoms. The maximum Gasteiger partial charge on any atom is 0.118 e. The minimum Gasteiger partial charge on any atom is -0.497 e. The molecule has 2 aromatic rings. The summed E-state index contributed by atoms with van der Waals surface area (Å²) in [6, 6.07) is 12.1. The van der Waals surface area contributed by atoms with Crippen LogP contribution >= 0.6 is 15.9 Å². The molecule has 1 heterocycles. The van der Waals surface area contributed by atoms with Gasteiger partial charge in [0, 0.05) is 10.7 Å². The number of hydrogen-bond acceptors (Lipinski definition) is 3. The van der Waals surface area contributed by atoms with Crippen LogP contribution in [0.15, 0.2) is 47.1 Å². The molecule has 0 radical (unpaired) electrons. The summed E-state index contributed by atoms with van der Waals surface area (Å²) < 4.78 is 6.20. The number of nitrogens with zero attached hydrogens (tertiary/aromatic N) is 1. The van der Waals surface area contributed by atoms with Crippen molar-refractivity contribution < 1.29 is 4.74 Å². The van der Waals surface area contributed by atoms with Crippen LogP contribution in [0.3, 0.4) is 0 Å². The van der Waals surface area contributed by atoms with Gasteiger partial charge in [0.05, 0.1) is 18.8 Å². The van der Waals surface area contributed by atoms with Gasteiger partial charge >= 0.3 is 0 Å². The van der Waals surface area contributed by atoms with E-state index in [9.17, 15) is 0 Å². The first-order chi connectivity index (χ1) is 9.26. The van der Waals surface area contributed by atoms with E-state index in [2.05, 4.69) is 45.3 Å². The van der Waals surface area contributed by atoms with E-state index in [1.165, 1.54) is 5.56 Å². The van der Waals surface area contributed by atoms with Crippen molar-refractivity contribution in [1.29, 1.82) is 0 Å². The van der Waals surface area contributed by atoms with Crippen molar-refractivity contribution in [2.75, 3.05) is 13.7 Å². The average Bonchev–Trinajstić information content (AvgIpc) is 2.46. The van der Waals surface area contributed by atoms with Gasteiger partial charge in [-0.2, -0.15) is 0 Å². The highest BCUT2D eigenvalue weighted by molar-refractivity contribution is 9.10. The average molecular weight is 321 g/mol. The number of aromatic nitrogens is 1. The Morgan fingerprint density at radius 3 is 2.58 bits per heavy atom. The Hall–Kier alpha value is -1.39. The molecule has 0 aliphatic heterocycles. The lowest BCUT2D eigenvalue weighted by Crippen LogP contribution is -2.23. The first-order valence-corrected chi connectivity index (χ1v) is 7.03. The molecule has 0 saturated carbocycles. The van der Waals surface area contributed by atoms with Crippen LogP contribution in [-0.4, -0.2) is 18.6 Å². The minimum absolute atomic E-state index is 0.0754. The van der Waals surface area contributed by atoms with Gasteiger partial charge in [0.25, 0.3) is 0 Å². The van der Waals surface area contributed by atoms with Crippen molar-refractivity contribution in [2.45, 2.75) is 13.0 Å². The maximum absolute atomic E-state index is 5.19. The molecular weight excluding hydrogens is 304 g/mol. The van der Waals surface area contributed by atoms with Gasteiger partial charge in [0.1, 0.15) is 5.75 Å². The van der Waals surface area contributed by atoms with Crippen molar-refractivity contribution in [3.63, 3.8) is 0 Å². The number of benzene rings is 1. The number of halogens is 1. The van der Waals surface area contributed by atoms with E-state index in [0.717, 1.165) is 22.5 Å².